The van der Waals surface area contributed by atoms with Gasteiger partial charge in [0.05, 0.1) is 23.8 Å². The molecule has 158 valence electrons. The second-order valence-electron chi connectivity index (χ2n) is 7.61. The number of hydrogen-bond acceptors (Lipinski definition) is 4. The van der Waals surface area contributed by atoms with Crippen molar-refractivity contribution >= 4 is 23.0 Å². The van der Waals surface area contributed by atoms with Crippen molar-refractivity contribution in [3.8, 4) is 5.75 Å². The molecule has 0 aliphatic heterocycles. The number of ketones is 2. The van der Waals surface area contributed by atoms with E-state index in [0.717, 1.165) is 11.3 Å². The summed E-state index contributed by atoms with van der Waals surface area (Å²) in [5, 5.41) is 2.92. The van der Waals surface area contributed by atoms with Gasteiger partial charge in [-0.1, -0.05) is 42.5 Å². The summed E-state index contributed by atoms with van der Waals surface area (Å²) in [4.78, 5) is 39.8. The first-order valence-electron chi connectivity index (χ1n) is 10.3. The van der Waals surface area contributed by atoms with Gasteiger partial charge in [-0.25, -0.2) is 0 Å². The summed E-state index contributed by atoms with van der Waals surface area (Å²) in [6, 6.07) is 19.7. The van der Waals surface area contributed by atoms with Crippen LogP contribution in [0.15, 0.2) is 72.9 Å². The fraction of sp³-hybridized carbons (Fsp3) is 0.115. The molecule has 0 bridgehead atoms. The molecule has 6 nitrogen and oxygen atoms in total. The van der Waals surface area contributed by atoms with Crippen LogP contribution in [0.2, 0.25) is 0 Å². The second kappa shape index (κ2) is 7.81. The number of fused-ring (bicyclic) bond motifs is 4. The van der Waals surface area contributed by atoms with Gasteiger partial charge in [0.15, 0.2) is 5.78 Å². The smallest absolute Gasteiger partial charge is 0.254 e. The van der Waals surface area contributed by atoms with Crippen LogP contribution in [0.1, 0.15) is 47.9 Å². The second-order valence-corrected chi connectivity index (χ2v) is 7.61. The highest BCUT2D eigenvalue weighted by atomic mass is 16.5. The lowest BCUT2D eigenvalue weighted by atomic mass is 9.86. The summed E-state index contributed by atoms with van der Waals surface area (Å²) < 4.78 is 6.81. The maximum atomic E-state index is 13.3. The molecule has 1 N–H and O–H groups in total. The van der Waals surface area contributed by atoms with Gasteiger partial charge in [-0.2, -0.15) is 0 Å². The van der Waals surface area contributed by atoms with Crippen LogP contribution in [-0.4, -0.2) is 35.5 Å². The van der Waals surface area contributed by atoms with Crippen LogP contribution in [0.25, 0.3) is 5.52 Å². The largest absolute Gasteiger partial charge is 0.497 e. The molecule has 4 aromatic rings. The summed E-state index contributed by atoms with van der Waals surface area (Å²) in [6.45, 7) is 0.392. The minimum Gasteiger partial charge on any atom is -0.497 e. The minimum absolute atomic E-state index is 0.168. The monoisotopic (exact) mass is 424 g/mol. The van der Waals surface area contributed by atoms with Crippen molar-refractivity contribution in [2.75, 3.05) is 13.7 Å². The molecule has 0 atom stereocenters. The van der Waals surface area contributed by atoms with Crippen LogP contribution in [0.4, 0.5) is 0 Å². The van der Waals surface area contributed by atoms with Crippen molar-refractivity contribution in [3.05, 3.63) is 106 Å². The van der Waals surface area contributed by atoms with Gasteiger partial charge in [0.2, 0.25) is 5.78 Å². The van der Waals surface area contributed by atoms with Gasteiger partial charge in [-0.15, -0.1) is 0 Å². The van der Waals surface area contributed by atoms with Crippen molar-refractivity contribution in [1.82, 2.24) is 9.72 Å². The molecule has 1 aliphatic carbocycles. The molecule has 5 rings (SSSR count). The number of carbonyl (C=O) groups excluding carboxylic acids is 3. The van der Waals surface area contributed by atoms with Crippen molar-refractivity contribution in [3.63, 3.8) is 0 Å². The molecular formula is C26H20N2O4. The van der Waals surface area contributed by atoms with Crippen molar-refractivity contribution in [2.45, 2.75) is 6.42 Å². The summed E-state index contributed by atoms with van der Waals surface area (Å²) >= 11 is 0. The predicted molar refractivity (Wildman–Crippen MR) is 120 cm³/mol. The number of benzene rings is 2. The lowest BCUT2D eigenvalue weighted by Gasteiger charge is -2.15. The third-order valence-electron chi connectivity index (χ3n) is 5.79. The standard InChI is InChI=1S/C26H20N2O4/c1-32-17-11-9-16(10-12-17)13-14-27-26(31)21-20-8-4-5-15-28(20)23-22(21)24(29)18-6-2-3-7-19(18)25(23)30/h2-12,15H,13-14H2,1H3,(H,27,31). The van der Waals surface area contributed by atoms with Crippen LogP contribution >= 0.6 is 0 Å². The molecule has 0 fully saturated rings. The lowest BCUT2D eigenvalue weighted by Crippen LogP contribution is -2.28. The lowest BCUT2D eigenvalue weighted by molar-refractivity contribution is 0.0940. The van der Waals surface area contributed by atoms with Gasteiger partial charge in [0, 0.05) is 23.9 Å². The van der Waals surface area contributed by atoms with E-state index in [9.17, 15) is 14.4 Å². The molecule has 0 unspecified atom stereocenters. The first-order chi connectivity index (χ1) is 15.6. The van der Waals surface area contributed by atoms with Gasteiger partial charge in [-0.05, 0) is 36.2 Å². The van der Waals surface area contributed by atoms with Crippen LogP contribution in [0, 0.1) is 0 Å². The third kappa shape index (κ3) is 3.08. The Labute approximate surface area is 184 Å². The van der Waals surface area contributed by atoms with E-state index in [1.165, 1.54) is 0 Å². The predicted octanol–water partition coefficient (Wildman–Crippen LogP) is 3.70. The molecule has 0 saturated carbocycles. The number of methoxy groups -OCH3 is 1. The topological polar surface area (TPSA) is 76.9 Å². The quantitative estimate of drug-likeness (QED) is 0.467. The summed E-state index contributed by atoms with van der Waals surface area (Å²) in [5.74, 6) is -0.162. The molecule has 0 radical (unpaired) electrons. The summed E-state index contributed by atoms with van der Waals surface area (Å²) in [7, 11) is 1.61. The Morgan fingerprint density at radius 2 is 1.59 bits per heavy atom. The summed E-state index contributed by atoms with van der Waals surface area (Å²) in [5.41, 5.74) is 2.92. The number of rotatable bonds is 5. The van der Waals surface area contributed by atoms with Crippen LogP contribution in [0.5, 0.6) is 5.75 Å². The van der Waals surface area contributed by atoms with Crippen molar-refractivity contribution in [2.24, 2.45) is 0 Å². The fourth-order valence-corrected chi connectivity index (χ4v) is 4.22. The highest BCUT2D eigenvalue weighted by Crippen LogP contribution is 2.33. The number of nitrogens with zero attached hydrogens (tertiary/aromatic N) is 1. The summed E-state index contributed by atoms with van der Waals surface area (Å²) in [6.07, 6.45) is 2.33. The Hall–Kier alpha value is -4.19. The Morgan fingerprint density at radius 3 is 2.31 bits per heavy atom. The van der Waals surface area contributed by atoms with E-state index in [1.54, 1.807) is 60.2 Å². The molecule has 6 heteroatoms. The highest BCUT2D eigenvalue weighted by Gasteiger charge is 2.37. The molecule has 1 amide bonds. The van der Waals surface area contributed by atoms with E-state index in [2.05, 4.69) is 5.32 Å². The molecule has 32 heavy (non-hydrogen) atoms. The molecule has 0 saturated heterocycles. The molecular weight excluding hydrogens is 404 g/mol. The van der Waals surface area contributed by atoms with Gasteiger partial charge in [-0.3, -0.25) is 14.4 Å². The molecule has 1 aliphatic rings. The molecule has 2 aromatic carbocycles. The van der Waals surface area contributed by atoms with E-state index in [0.29, 0.717) is 29.6 Å². The van der Waals surface area contributed by atoms with E-state index in [4.69, 9.17) is 4.74 Å². The average molecular weight is 424 g/mol. The highest BCUT2D eigenvalue weighted by molar-refractivity contribution is 6.32. The van der Waals surface area contributed by atoms with Gasteiger partial charge >= 0.3 is 0 Å². The number of nitrogens with one attached hydrogen (secondary N) is 1. The Morgan fingerprint density at radius 1 is 0.906 bits per heavy atom. The van der Waals surface area contributed by atoms with Gasteiger partial charge in [0.1, 0.15) is 11.4 Å². The van der Waals surface area contributed by atoms with Crippen LogP contribution in [0.3, 0.4) is 0 Å². The zero-order valence-electron chi connectivity index (χ0n) is 17.4. The van der Waals surface area contributed by atoms with Crippen LogP contribution in [-0.2, 0) is 6.42 Å². The van der Waals surface area contributed by atoms with Crippen LogP contribution < -0.4 is 10.1 Å². The Bertz CT molecular complexity index is 1380. The van der Waals surface area contributed by atoms with Crippen molar-refractivity contribution < 1.29 is 19.1 Å². The SMILES string of the molecule is COc1ccc(CCNC(=O)c2c3c(n4ccccc24)C(=O)c2ccccc2C3=O)cc1. The molecule has 0 spiro atoms. The average Bonchev–Trinajstić information content (AvgIpc) is 3.19. The zero-order chi connectivity index (χ0) is 22.2. The minimum atomic E-state index is -0.371. The number of ether oxygens (including phenoxy) is 1. The first-order valence-corrected chi connectivity index (χ1v) is 10.3. The van der Waals surface area contributed by atoms with Crippen molar-refractivity contribution in [1.29, 1.82) is 0 Å². The van der Waals surface area contributed by atoms with E-state index >= 15 is 0 Å². The third-order valence-corrected chi connectivity index (χ3v) is 5.79. The maximum absolute atomic E-state index is 13.3. The van der Waals surface area contributed by atoms with E-state index in [1.807, 2.05) is 24.3 Å². The number of aromatic nitrogens is 1. The number of hydrogen-bond donors (Lipinski definition) is 1. The number of pyridine rings is 1. The molecule has 2 heterocycles. The normalized spacial score (nSPS) is 12.4. The fourth-order valence-electron chi connectivity index (χ4n) is 4.22. The Kier molecular flexibility index (Phi) is 4.82. The van der Waals surface area contributed by atoms with Gasteiger partial charge in [0.25, 0.3) is 5.91 Å². The maximum Gasteiger partial charge on any atom is 0.254 e. The number of amides is 1. The zero-order valence-corrected chi connectivity index (χ0v) is 17.4. The van der Waals surface area contributed by atoms with E-state index < -0.39 is 0 Å². The number of carbonyl (C=O) groups is 3. The van der Waals surface area contributed by atoms with E-state index in [-0.39, 0.29) is 34.3 Å². The molecule has 2 aromatic heterocycles. The van der Waals surface area contributed by atoms with Gasteiger partial charge < -0.3 is 14.5 Å². The first kappa shape index (κ1) is 19.8. The Balaban J connectivity index is 1.50.